The van der Waals surface area contributed by atoms with Crippen LogP contribution in [0.5, 0.6) is 0 Å². The number of fused-ring (bicyclic) bond motifs is 4. The van der Waals surface area contributed by atoms with Crippen molar-refractivity contribution in [1.82, 2.24) is 0 Å². The predicted octanol–water partition coefficient (Wildman–Crippen LogP) is 6.16. The summed E-state index contributed by atoms with van der Waals surface area (Å²) in [7, 11) is 0. The summed E-state index contributed by atoms with van der Waals surface area (Å²) < 4.78 is 6.76. The fourth-order valence-electron chi connectivity index (χ4n) is 2.47. The van der Waals surface area contributed by atoms with Crippen LogP contribution in [0.25, 0.3) is 32.7 Å². The van der Waals surface area contributed by atoms with Crippen molar-refractivity contribution in [3.63, 3.8) is 0 Å². The van der Waals surface area contributed by atoms with Gasteiger partial charge >= 0.3 is 0 Å². The Morgan fingerprint density at radius 3 is 2.42 bits per heavy atom. The molecule has 4 rings (SSSR count). The molecule has 1 heterocycles. The molecule has 0 aliphatic carbocycles. The normalized spacial score (nSPS) is 11.7. The topological polar surface area (TPSA) is 13.1 Å². The quantitative estimate of drug-likeness (QED) is 0.376. The predicted molar refractivity (Wildman–Crippen MR) is 83.9 cm³/mol. The molecular weight excluding hydrogens is 324 g/mol. The molecule has 0 aliphatic heterocycles. The van der Waals surface area contributed by atoms with Gasteiger partial charge in [0.25, 0.3) is 0 Å². The van der Waals surface area contributed by atoms with Crippen molar-refractivity contribution >= 4 is 60.2 Å². The minimum absolute atomic E-state index is 0.623. The van der Waals surface area contributed by atoms with Crippen LogP contribution in [0, 0.1) is 0 Å². The van der Waals surface area contributed by atoms with Crippen LogP contribution in [0.3, 0.4) is 0 Å². The number of furan rings is 1. The number of halogens is 2. The van der Waals surface area contributed by atoms with Crippen LogP contribution < -0.4 is 0 Å². The van der Waals surface area contributed by atoms with Crippen LogP contribution >= 0.6 is 27.5 Å². The van der Waals surface area contributed by atoms with E-state index in [9.17, 15) is 0 Å². The summed E-state index contributed by atoms with van der Waals surface area (Å²) in [5, 5.41) is 5.15. The van der Waals surface area contributed by atoms with Gasteiger partial charge in [-0.25, -0.2) is 0 Å². The van der Waals surface area contributed by atoms with E-state index in [2.05, 4.69) is 40.2 Å². The van der Waals surface area contributed by atoms with Gasteiger partial charge < -0.3 is 4.42 Å². The van der Waals surface area contributed by atoms with Gasteiger partial charge in [-0.1, -0.05) is 35.9 Å². The first-order valence-corrected chi connectivity index (χ1v) is 7.10. The van der Waals surface area contributed by atoms with Gasteiger partial charge in [0.15, 0.2) is 5.58 Å². The molecule has 1 nitrogen and oxygen atoms in total. The zero-order valence-electron chi connectivity index (χ0n) is 9.78. The second-order valence-corrected chi connectivity index (χ2v) is 5.77. The third-order valence-electron chi connectivity index (χ3n) is 3.40. The average Bonchev–Trinajstić information content (AvgIpc) is 2.79. The van der Waals surface area contributed by atoms with Crippen molar-refractivity contribution in [2.24, 2.45) is 0 Å². The van der Waals surface area contributed by atoms with Gasteiger partial charge in [0.05, 0.1) is 5.02 Å². The summed E-state index contributed by atoms with van der Waals surface area (Å²) in [6, 6.07) is 16.5. The van der Waals surface area contributed by atoms with E-state index in [-0.39, 0.29) is 0 Å². The zero-order chi connectivity index (χ0) is 13.0. The molecule has 0 bridgehead atoms. The number of rotatable bonds is 0. The Morgan fingerprint density at radius 1 is 0.895 bits per heavy atom. The van der Waals surface area contributed by atoms with E-state index < -0.39 is 0 Å². The summed E-state index contributed by atoms with van der Waals surface area (Å²) in [6.07, 6.45) is 0. The van der Waals surface area contributed by atoms with E-state index in [1.807, 2.05) is 24.3 Å². The van der Waals surface area contributed by atoms with Gasteiger partial charge in [0.1, 0.15) is 5.58 Å². The fourth-order valence-corrected chi connectivity index (χ4v) is 2.98. The summed E-state index contributed by atoms with van der Waals surface area (Å²) in [5.41, 5.74) is 1.61. The van der Waals surface area contributed by atoms with E-state index in [0.29, 0.717) is 5.02 Å². The highest BCUT2D eigenvalue weighted by Crippen LogP contribution is 2.38. The summed E-state index contributed by atoms with van der Waals surface area (Å²) in [6.45, 7) is 0. The number of hydrogen-bond donors (Lipinski definition) is 0. The minimum atomic E-state index is 0.623. The molecule has 0 saturated heterocycles. The molecule has 92 valence electrons. The lowest BCUT2D eigenvalue weighted by Crippen LogP contribution is -1.72. The number of hydrogen-bond acceptors (Lipinski definition) is 1. The SMILES string of the molecule is Clc1c(Br)ccc2c1oc1cc3ccccc3cc12. The molecular formula is C16H8BrClO. The Balaban J connectivity index is 2.25. The maximum Gasteiger partial charge on any atom is 0.155 e. The van der Waals surface area contributed by atoms with Crippen molar-refractivity contribution in [3.05, 3.63) is 58.0 Å². The van der Waals surface area contributed by atoms with Crippen LogP contribution in [0.2, 0.25) is 5.02 Å². The molecule has 0 atom stereocenters. The maximum absolute atomic E-state index is 6.29. The zero-order valence-corrected chi connectivity index (χ0v) is 12.1. The van der Waals surface area contributed by atoms with Crippen LogP contribution in [0.1, 0.15) is 0 Å². The second-order valence-electron chi connectivity index (χ2n) is 4.54. The van der Waals surface area contributed by atoms with Crippen LogP contribution in [0.15, 0.2) is 57.4 Å². The molecule has 3 aromatic carbocycles. The Bertz CT molecular complexity index is 940. The van der Waals surface area contributed by atoms with Crippen molar-refractivity contribution < 1.29 is 4.42 Å². The van der Waals surface area contributed by atoms with Gasteiger partial charge in [-0.05, 0) is 51.0 Å². The standard InChI is InChI=1S/C16H8BrClO/c17-13-6-5-11-12-7-9-3-1-2-4-10(9)8-14(12)19-16(11)15(13)18/h1-8H. The van der Waals surface area contributed by atoms with E-state index in [0.717, 1.165) is 26.4 Å². The highest BCUT2D eigenvalue weighted by atomic mass is 79.9. The highest BCUT2D eigenvalue weighted by Gasteiger charge is 2.12. The minimum Gasteiger partial charge on any atom is -0.454 e. The first kappa shape index (κ1) is 11.3. The Labute approximate surface area is 122 Å². The lowest BCUT2D eigenvalue weighted by molar-refractivity contribution is 0.669. The molecule has 0 saturated carbocycles. The van der Waals surface area contributed by atoms with E-state index in [1.54, 1.807) is 0 Å². The largest absolute Gasteiger partial charge is 0.454 e. The third-order valence-corrected chi connectivity index (χ3v) is 4.66. The number of benzene rings is 3. The van der Waals surface area contributed by atoms with Gasteiger partial charge in [-0.15, -0.1) is 0 Å². The van der Waals surface area contributed by atoms with Gasteiger partial charge in [0, 0.05) is 15.2 Å². The summed E-state index contributed by atoms with van der Waals surface area (Å²) in [5.74, 6) is 0. The Kier molecular flexibility index (Phi) is 2.38. The third kappa shape index (κ3) is 1.60. The average molecular weight is 332 g/mol. The first-order valence-electron chi connectivity index (χ1n) is 5.93. The van der Waals surface area contributed by atoms with Crippen molar-refractivity contribution in [2.45, 2.75) is 0 Å². The monoisotopic (exact) mass is 330 g/mol. The van der Waals surface area contributed by atoms with Crippen molar-refractivity contribution in [3.8, 4) is 0 Å². The highest BCUT2D eigenvalue weighted by molar-refractivity contribution is 9.10. The lowest BCUT2D eigenvalue weighted by atomic mass is 10.1. The Morgan fingerprint density at radius 2 is 1.63 bits per heavy atom. The maximum atomic E-state index is 6.29. The van der Waals surface area contributed by atoms with Gasteiger partial charge in [-0.2, -0.15) is 0 Å². The molecule has 3 heteroatoms. The molecule has 0 amide bonds. The molecule has 19 heavy (non-hydrogen) atoms. The van der Waals surface area contributed by atoms with Gasteiger partial charge in [0.2, 0.25) is 0 Å². The summed E-state index contributed by atoms with van der Waals surface area (Å²) in [4.78, 5) is 0. The van der Waals surface area contributed by atoms with Crippen LogP contribution in [-0.2, 0) is 0 Å². The Hall–Kier alpha value is -1.51. The lowest BCUT2D eigenvalue weighted by Gasteiger charge is -1.97. The molecule has 0 fully saturated rings. The van der Waals surface area contributed by atoms with E-state index >= 15 is 0 Å². The fraction of sp³-hybridized carbons (Fsp3) is 0. The molecule has 0 radical (unpaired) electrons. The smallest absolute Gasteiger partial charge is 0.155 e. The molecule has 0 spiro atoms. The molecule has 0 aliphatic rings. The molecule has 4 aromatic rings. The second kappa shape index (κ2) is 3.99. The molecule has 1 aromatic heterocycles. The summed E-state index contributed by atoms with van der Waals surface area (Å²) >= 11 is 9.71. The van der Waals surface area contributed by atoms with E-state index in [1.165, 1.54) is 10.8 Å². The molecule has 0 N–H and O–H groups in total. The first-order chi connectivity index (χ1) is 9.24. The van der Waals surface area contributed by atoms with Crippen LogP contribution in [0.4, 0.5) is 0 Å². The van der Waals surface area contributed by atoms with Gasteiger partial charge in [-0.3, -0.25) is 0 Å². The van der Waals surface area contributed by atoms with E-state index in [4.69, 9.17) is 16.0 Å². The van der Waals surface area contributed by atoms with Crippen LogP contribution in [-0.4, -0.2) is 0 Å². The van der Waals surface area contributed by atoms with Crippen molar-refractivity contribution in [1.29, 1.82) is 0 Å². The molecule has 0 unspecified atom stereocenters. The van der Waals surface area contributed by atoms with Crippen molar-refractivity contribution in [2.75, 3.05) is 0 Å².